The predicted octanol–water partition coefficient (Wildman–Crippen LogP) is 6.32. The summed E-state index contributed by atoms with van der Waals surface area (Å²) in [6.07, 6.45) is 0. The van der Waals surface area contributed by atoms with Gasteiger partial charge in [0.05, 0.1) is 16.1 Å². The Morgan fingerprint density at radius 2 is 1.37 bits per heavy atom. The average Bonchev–Trinajstić information content (AvgIpc) is 3.12. The lowest BCUT2D eigenvalue weighted by molar-refractivity contribution is 0.589. The molecule has 3 nitrogen and oxygen atoms in total. The van der Waals surface area contributed by atoms with Crippen molar-refractivity contribution in [3.63, 3.8) is 0 Å². The van der Waals surface area contributed by atoms with E-state index in [2.05, 4.69) is 0 Å². The molecular formula is C26H21NO2S. The smallest absolute Gasteiger partial charge is 0.233 e. The third kappa shape index (κ3) is 2.92. The average molecular weight is 412 g/mol. The number of nitrogens with zero attached hydrogens (tertiary/aromatic N) is 1. The third-order valence-electron chi connectivity index (χ3n) is 5.54. The number of rotatable bonds is 3. The molecule has 0 atom stereocenters. The van der Waals surface area contributed by atoms with Gasteiger partial charge >= 0.3 is 0 Å². The molecule has 0 saturated heterocycles. The molecule has 0 spiro atoms. The van der Waals surface area contributed by atoms with Crippen molar-refractivity contribution in [2.45, 2.75) is 18.7 Å². The Kier molecular flexibility index (Phi) is 4.26. The molecule has 0 unspecified atom stereocenters. The van der Waals surface area contributed by atoms with Gasteiger partial charge in [-0.15, -0.1) is 0 Å². The van der Waals surface area contributed by atoms with Gasteiger partial charge in [0.1, 0.15) is 0 Å². The zero-order valence-corrected chi connectivity index (χ0v) is 17.6. The number of fused-ring (bicyclic) bond motifs is 2. The predicted molar refractivity (Wildman–Crippen MR) is 123 cm³/mol. The molecule has 30 heavy (non-hydrogen) atoms. The van der Waals surface area contributed by atoms with Crippen LogP contribution in [0.5, 0.6) is 0 Å². The van der Waals surface area contributed by atoms with Crippen molar-refractivity contribution in [3.8, 4) is 11.3 Å². The summed E-state index contributed by atoms with van der Waals surface area (Å²) >= 11 is 0. The van der Waals surface area contributed by atoms with E-state index in [-0.39, 0.29) is 4.90 Å². The maximum Gasteiger partial charge on any atom is 0.268 e. The zero-order chi connectivity index (χ0) is 20.9. The highest BCUT2D eigenvalue weighted by atomic mass is 32.2. The molecule has 4 aromatic carbocycles. The van der Waals surface area contributed by atoms with Crippen molar-refractivity contribution in [3.05, 3.63) is 102 Å². The molecule has 0 saturated carbocycles. The Morgan fingerprint density at radius 1 is 0.667 bits per heavy atom. The van der Waals surface area contributed by atoms with Crippen LogP contribution in [0.15, 0.2) is 95.9 Å². The lowest BCUT2D eigenvalue weighted by Gasteiger charge is -2.14. The van der Waals surface area contributed by atoms with Crippen LogP contribution in [0.25, 0.3) is 32.9 Å². The van der Waals surface area contributed by atoms with Crippen molar-refractivity contribution < 1.29 is 8.42 Å². The van der Waals surface area contributed by atoms with Crippen molar-refractivity contribution in [1.29, 1.82) is 0 Å². The standard InChI is InChI=1S/C26H21NO2S/c1-18-10-13-22(14-11-18)30(28,29)27-25-15-12-19(2)16-21(25)17-26(27)24-9-5-7-20-6-3-4-8-23(20)24/h3-17H,1-2H3. The molecule has 1 aromatic heterocycles. The number of benzene rings is 4. The Morgan fingerprint density at radius 3 is 2.17 bits per heavy atom. The van der Waals surface area contributed by atoms with E-state index in [1.807, 2.05) is 92.7 Å². The normalized spacial score (nSPS) is 11.9. The second kappa shape index (κ2) is 6.85. The van der Waals surface area contributed by atoms with Crippen molar-refractivity contribution in [2.75, 3.05) is 0 Å². The van der Waals surface area contributed by atoms with Crippen LogP contribution < -0.4 is 0 Å². The summed E-state index contributed by atoms with van der Waals surface area (Å²) in [6.45, 7) is 3.97. The first kappa shape index (κ1) is 18.6. The summed E-state index contributed by atoms with van der Waals surface area (Å²) in [5, 5.41) is 3.02. The van der Waals surface area contributed by atoms with Gasteiger partial charge < -0.3 is 0 Å². The molecule has 0 bridgehead atoms. The van der Waals surface area contributed by atoms with Gasteiger partial charge in [-0.2, -0.15) is 0 Å². The summed E-state index contributed by atoms with van der Waals surface area (Å²) in [5.41, 5.74) is 4.38. The SMILES string of the molecule is Cc1ccc(S(=O)(=O)n2c(-c3cccc4ccccc34)cc3cc(C)ccc32)cc1. The van der Waals surface area contributed by atoms with Gasteiger partial charge in [-0.25, -0.2) is 12.4 Å². The summed E-state index contributed by atoms with van der Waals surface area (Å²) in [6, 6.07) is 29.0. The van der Waals surface area contributed by atoms with Crippen LogP contribution in [0.1, 0.15) is 11.1 Å². The van der Waals surface area contributed by atoms with E-state index in [1.54, 1.807) is 12.1 Å². The largest absolute Gasteiger partial charge is 0.268 e. The first-order chi connectivity index (χ1) is 14.4. The first-order valence-electron chi connectivity index (χ1n) is 9.88. The molecule has 5 rings (SSSR count). The Balaban J connectivity index is 1.89. The summed E-state index contributed by atoms with van der Waals surface area (Å²) in [4.78, 5) is 0.285. The molecular weight excluding hydrogens is 390 g/mol. The Hall–Kier alpha value is -3.37. The quantitative estimate of drug-likeness (QED) is 0.349. The number of aromatic nitrogens is 1. The maximum atomic E-state index is 13.8. The Bertz CT molecular complexity index is 1510. The van der Waals surface area contributed by atoms with Gasteiger partial charge in [0.15, 0.2) is 0 Å². The topological polar surface area (TPSA) is 39.1 Å². The van der Waals surface area contributed by atoms with E-state index in [9.17, 15) is 8.42 Å². The lowest BCUT2D eigenvalue weighted by Crippen LogP contribution is -2.14. The molecule has 0 fully saturated rings. The fourth-order valence-corrected chi connectivity index (χ4v) is 5.55. The van der Waals surface area contributed by atoms with Crippen LogP contribution in [-0.4, -0.2) is 12.4 Å². The monoisotopic (exact) mass is 411 g/mol. The van der Waals surface area contributed by atoms with Gasteiger partial charge in [-0.3, -0.25) is 0 Å². The van der Waals surface area contributed by atoms with Gasteiger partial charge in [-0.05, 0) is 55.0 Å². The molecule has 0 amide bonds. The summed E-state index contributed by atoms with van der Waals surface area (Å²) < 4.78 is 29.1. The molecule has 0 aliphatic rings. The minimum absolute atomic E-state index is 0.285. The van der Waals surface area contributed by atoms with E-state index < -0.39 is 10.0 Å². The first-order valence-corrected chi connectivity index (χ1v) is 11.3. The van der Waals surface area contributed by atoms with Crippen LogP contribution in [0.2, 0.25) is 0 Å². The van der Waals surface area contributed by atoms with Crippen LogP contribution in [0, 0.1) is 13.8 Å². The number of aryl methyl sites for hydroxylation is 2. The lowest BCUT2D eigenvalue weighted by atomic mass is 10.0. The Labute approximate surface area is 176 Å². The van der Waals surface area contributed by atoms with Gasteiger partial charge in [-0.1, -0.05) is 71.8 Å². The highest BCUT2D eigenvalue weighted by Crippen LogP contribution is 2.36. The van der Waals surface area contributed by atoms with Crippen molar-refractivity contribution >= 4 is 31.7 Å². The minimum Gasteiger partial charge on any atom is -0.233 e. The van der Waals surface area contributed by atoms with Crippen molar-refractivity contribution in [2.24, 2.45) is 0 Å². The molecule has 0 radical (unpaired) electrons. The summed E-state index contributed by atoms with van der Waals surface area (Å²) in [5.74, 6) is 0. The maximum absolute atomic E-state index is 13.8. The number of hydrogen-bond acceptors (Lipinski definition) is 2. The second-order valence-electron chi connectivity index (χ2n) is 7.70. The number of hydrogen-bond donors (Lipinski definition) is 0. The molecule has 0 N–H and O–H groups in total. The summed E-state index contributed by atoms with van der Waals surface area (Å²) in [7, 11) is -3.78. The van der Waals surface area contributed by atoms with Crippen LogP contribution in [0.4, 0.5) is 0 Å². The molecule has 0 aliphatic carbocycles. The molecule has 0 aliphatic heterocycles. The van der Waals surface area contributed by atoms with E-state index in [1.165, 1.54) is 3.97 Å². The minimum atomic E-state index is -3.78. The van der Waals surface area contributed by atoms with Gasteiger partial charge in [0, 0.05) is 10.9 Å². The van der Waals surface area contributed by atoms with Crippen LogP contribution in [-0.2, 0) is 10.0 Å². The second-order valence-corrected chi connectivity index (χ2v) is 9.49. The van der Waals surface area contributed by atoms with Crippen LogP contribution in [0.3, 0.4) is 0 Å². The van der Waals surface area contributed by atoms with Gasteiger partial charge in [0.25, 0.3) is 10.0 Å². The van der Waals surface area contributed by atoms with E-state index in [4.69, 9.17) is 0 Å². The van der Waals surface area contributed by atoms with E-state index in [0.717, 1.165) is 32.8 Å². The highest BCUT2D eigenvalue weighted by Gasteiger charge is 2.24. The molecule has 1 heterocycles. The fourth-order valence-electron chi connectivity index (χ4n) is 4.02. The van der Waals surface area contributed by atoms with Crippen LogP contribution >= 0.6 is 0 Å². The molecule has 148 valence electrons. The van der Waals surface area contributed by atoms with Gasteiger partial charge in [0.2, 0.25) is 0 Å². The molecule has 5 aromatic rings. The highest BCUT2D eigenvalue weighted by molar-refractivity contribution is 7.90. The fraction of sp³-hybridized carbons (Fsp3) is 0.0769. The van der Waals surface area contributed by atoms with Crippen molar-refractivity contribution in [1.82, 2.24) is 3.97 Å². The van der Waals surface area contributed by atoms with E-state index in [0.29, 0.717) is 11.2 Å². The molecule has 4 heteroatoms. The van der Waals surface area contributed by atoms with E-state index >= 15 is 0 Å². The zero-order valence-electron chi connectivity index (χ0n) is 16.8. The third-order valence-corrected chi connectivity index (χ3v) is 7.28.